The Balaban J connectivity index is 1.30. The van der Waals surface area contributed by atoms with Crippen molar-refractivity contribution in [2.24, 2.45) is 0 Å². The molecule has 0 radical (unpaired) electrons. The van der Waals surface area contributed by atoms with Crippen LogP contribution in [0.4, 0.5) is 26.3 Å². The standard InChI is InChI=1S/C39H45F6N5O4SSi/c1-35(2,3)55(52)48-37(19-38(20-37,39(43,44)45)54-56(8,9)36(4,5)6)31-24(40)15-22(18-46-31)21-13-14-25-26(16-21)50-27-17-28(32(50)47-25)49(7)33(51)23-11-10-12-29(30(23)27)53-34(41)42/h10-16,18,27-28,34,48H,17,19-20H2,1-9H3/t27-,28-,37?,38?,55+/m1/s1. The number of nitrogens with one attached hydrogen (secondary N) is 1. The SMILES string of the molecule is CN1C(=O)c2cccc(OC(F)F)c2[C@H]2C[C@@H]1c1nc3ccc(-c4cnc(C5(N[S@@](=O)C(C)(C)C)CC(O[Si](C)(C)C(C)(C)C)(C(F)(F)F)C5)c(F)c4)cc3n12. The summed E-state index contributed by atoms with van der Waals surface area (Å²) >= 11 is 0. The van der Waals surface area contributed by atoms with Crippen LogP contribution in [0.1, 0.15) is 100 Å². The number of hydrogen-bond donors (Lipinski definition) is 1. The molecule has 0 unspecified atom stereocenters. The molecule has 1 aliphatic carbocycles. The molecule has 3 aliphatic rings. The van der Waals surface area contributed by atoms with Gasteiger partial charge in [0.2, 0.25) is 0 Å². The molecule has 1 fully saturated rings. The van der Waals surface area contributed by atoms with Crippen molar-refractivity contribution in [1.29, 1.82) is 0 Å². The number of carbonyl (C=O) groups is 1. The van der Waals surface area contributed by atoms with Crippen LogP contribution in [0.25, 0.3) is 22.2 Å². The lowest BCUT2D eigenvalue weighted by molar-refractivity contribution is -0.298. The smallest absolute Gasteiger partial charge is 0.416 e. The molecule has 17 heteroatoms. The highest BCUT2D eigenvalue weighted by molar-refractivity contribution is 7.84. The molecule has 56 heavy (non-hydrogen) atoms. The quantitative estimate of drug-likeness (QED) is 0.141. The highest BCUT2D eigenvalue weighted by Crippen LogP contribution is 2.60. The van der Waals surface area contributed by atoms with Gasteiger partial charge in [0, 0.05) is 49.2 Å². The summed E-state index contributed by atoms with van der Waals surface area (Å²) in [6.45, 7) is 10.8. The van der Waals surface area contributed by atoms with Crippen molar-refractivity contribution < 1.29 is 44.5 Å². The van der Waals surface area contributed by atoms with Crippen molar-refractivity contribution in [2.75, 3.05) is 7.05 Å². The predicted molar refractivity (Wildman–Crippen MR) is 203 cm³/mol. The van der Waals surface area contributed by atoms with E-state index in [9.17, 15) is 17.8 Å². The average Bonchev–Trinajstić information content (AvgIpc) is 3.58. The molecule has 2 bridgehead atoms. The molecule has 0 saturated heterocycles. The van der Waals surface area contributed by atoms with E-state index < -0.39 is 83.8 Å². The monoisotopic (exact) mass is 821 g/mol. The summed E-state index contributed by atoms with van der Waals surface area (Å²) < 4.78 is 117. The summed E-state index contributed by atoms with van der Waals surface area (Å²) in [5.74, 6) is -0.810. The zero-order valence-corrected chi connectivity index (χ0v) is 34.4. The Morgan fingerprint density at radius 3 is 2.27 bits per heavy atom. The predicted octanol–water partition coefficient (Wildman–Crippen LogP) is 9.32. The van der Waals surface area contributed by atoms with Crippen LogP contribution in [0.5, 0.6) is 5.75 Å². The van der Waals surface area contributed by atoms with Gasteiger partial charge in [0.05, 0.1) is 50.1 Å². The fourth-order valence-corrected chi connectivity index (χ4v) is 10.4. The number of halogens is 6. The van der Waals surface area contributed by atoms with Gasteiger partial charge < -0.3 is 18.6 Å². The Kier molecular flexibility index (Phi) is 9.46. The van der Waals surface area contributed by atoms with E-state index in [1.165, 1.54) is 29.3 Å². The molecule has 2 aromatic carbocycles. The van der Waals surface area contributed by atoms with Crippen LogP contribution in [-0.4, -0.2) is 68.1 Å². The van der Waals surface area contributed by atoms with Crippen molar-refractivity contribution in [2.45, 2.75) is 120 Å². The largest absolute Gasteiger partial charge is 0.434 e. The van der Waals surface area contributed by atoms with Gasteiger partial charge in [-0.1, -0.05) is 32.9 Å². The molecule has 1 N–H and O–H groups in total. The van der Waals surface area contributed by atoms with E-state index in [1.54, 1.807) is 65.2 Å². The molecule has 2 aliphatic heterocycles. The Bertz CT molecular complexity index is 2260. The lowest BCUT2D eigenvalue weighted by Gasteiger charge is -2.59. The third-order valence-electron chi connectivity index (χ3n) is 11.8. The number of hydrogen-bond acceptors (Lipinski definition) is 6. The van der Waals surface area contributed by atoms with Crippen LogP contribution in [0.15, 0.2) is 48.7 Å². The van der Waals surface area contributed by atoms with Crippen LogP contribution in [0.2, 0.25) is 18.1 Å². The van der Waals surface area contributed by atoms with E-state index in [4.69, 9.17) is 14.1 Å². The number of rotatable bonds is 8. The Hall–Kier alpha value is -3.80. The first-order chi connectivity index (χ1) is 25.8. The topological polar surface area (TPSA) is 98.6 Å². The van der Waals surface area contributed by atoms with E-state index in [0.29, 0.717) is 40.0 Å². The molecule has 302 valence electrons. The van der Waals surface area contributed by atoms with Crippen LogP contribution >= 0.6 is 0 Å². The number of pyridine rings is 1. The first-order valence-electron chi connectivity index (χ1n) is 18.3. The van der Waals surface area contributed by atoms with E-state index >= 15 is 17.6 Å². The van der Waals surface area contributed by atoms with Crippen molar-refractivity contribution in [3.05, 3.63) is 77.1 Å². The van der Waals surface area contributed by atoms with Crippen molar-refractivity contribution in [3.8, 4) is 16.9 Å². The molecule has 9 nitrogen and oxygen atoms in total. The molecule has 7 rings (SSSR count). The average molecular weight is 822 g/mol. The second kappa shape index (κ2) is 13.1. The number of fused-ring (bicyclic) bond motifs is 9. The van der Waals surface area contributed by atoms with Gasteiger partial charge in [-0.3, -0.25) is 9.78 Å². The maximum absolute atomic E-state index is 16.5. The summed E-state index contributed by atoms with van der Waals surface area (Å²) in [5.41, 5.74) is -2.19. The Labute approximate surface area is 324 Å². The summed E-state index contributed by atoms with van der Waals surface area (Å²) in [6.07, 6.45) is -4.54. The Morgan fingerprint density at radius 2 is 1.68 bits per heavy atom. The third kappa shape index (κ3) is 6.45. The van der Waals surface area contributed by atoms with Gasteiger partial charge >= 0.3 is 12.8 Å². The minimum absolute atomic E-state index is 0.118. The number of carbonyl (C=O) groups excluding carboxylic acids is 1. The summed E-state index contributed by atoms with van der Waals surface area (Å²) in [6, 6.07) is 9.77. The first kappa shape index (κ1) is 40.4. The van der Waals surface area contributed by atoms with E-state index in [1.807, 2.05) is 25.3 Å². The van der Waals surface area contributed by atoms with Gasteiger partial charge in [0.15, 0.2) is 13.9 Å². The molecule has 2 aromatic heterocycles. The summed E-state index contributed by atoms with van der Waals surface area (Å²) in [7, 11) is -3.27. The number of benzene rings is 2. The van der Waals surface area contributed by atoms with Crippen LogP contribution in [0.3, 0.4) is 0 Å². The fourth-order valence-electron chi connectivity index (χ4n) is 7.92. The van der Waals surface area contributed by atoms with Crippen molar-refractivity contribution >= 4 is 36.2 Å². The van der Waals surface area contributed by atoms with Crippen LogP contribution < -0.4 is 9.46 Å². The summed E-state index contributed by atoms with van der Waals surface area (Å²) in [5, 5.41) is -0.552. The number of nitrogens with zero attached hydrogens (tertiary/aromatic N) is 4. The van der Waals surface area contributed by atoms with Crippen molar-refractivity contribution in [1.82, 2.24) is 24.2 Å². The molecule has 4 aromatic rings. The zero-order chi connectivity index (χ0) is 41.1. The van der Waals surface area contributed by atoms with Crippen LogP contribution in [-0.2, 0) is 21.0 Å². The van der Waals surface area contributed by atoms with Gasteiger partial charge in [0.1, 0.15) is 17.4 Å². The minimum atomic E-state index is -4.81. The molecular weight excluding hydrogens is 777 g/mol. The minimum Gasteiger partial charge on any atom is -0.434 e. The second-order valence-corrected chi connectivity index (χ2v) is 24.3. The number of aromatic nitrogens is 3. The molecular formula is C39H45F6N5O4SSi. The lowest BCUT2D eigenvalue weighted by atomic mass is 9.63. The normalized spacial score (nSPS) is 24.6. The second-order valence-electron chi connectivity index (χ2n) is 17.7. The van der Waals surface area contributed by atoms with E-state index in [0.717, 1.165) is 0 Å². The Morgan fingerprint density at radius 1 is 1.00 bits per heavy atom. The lowest BCUT2D eigenvalue weighted by Crippen LogP contribution is -2.72. The molecule has 1 amide bonds. The maximum Gasteiger partial charge on any atom is 0.416 e. The van der Waals surface area contributed by atoms with Gasteiger partial charge in [-0.15, -0.1) is 0 Å². The molecule has 3 atom stereocenters. The highest BCUT2D eigenvalue weighted by Gasteiger charge is 2.72. The van der Waals surface area contributed by atoms with Gasteiger partial charge in [0.25, 0.3) is 5.91 Å². The van der Waals surface area contributed by atoms with Gasteiger partial charge in [-0.2, -0.15) is 22.0 Å². The number of alkyl halides is 5. The molecule has 0 spiro atoms. The maximum atomic E-state index is 16.5. The van der Waals surface area contributed by atoms with Crippen LogP contribution in [0, 0.1) is 5.82 Å². The van der Waals surface area contributed by atoms with Gasteiger partial charge in [-0.05, 0) is 74.8 Å². The zero-order valence-electron chi connectivity index (χ0n) is 32.6. The number of amides is 1. The highest BCUT2D eigenvalue weighted by atomic mass is 32.2. The van der Waals surface area contributed by atoms with Crippen molar-refractivity contribution in [3.63, 3.8) is 0 Å². The number of imidazole rings is 1. The fraction of sp³-hybridized carbons (Fsp3) is 0.513. The van der Waals surface area contributed by atoms with E-state index in [-0.39, 0.29) is 22.9 Å². The van der Waals surface area contributed by atoms with Gasteiger partial charge in [-0.25, -0.2) is 18.3 Å². The first-order valence-corrected chi connectivity index (χ1v) is 22.3. The summed E-state index contributed by atoms with van der Waals surface area (Å²) in [4.78, 5) is 24.3. The van der Waals surface area contributed by atoms with E-state index in [2.05, 4.69) is 9.71 Å². The molecule has 1 saturated carbocycles. The number of ether oxygens (including phenoxy) is 1. The third-order valence-corrected chi connectivity index (χ3v) is 18.0. The molecule has 4 heterocycles.